The van der Waals surface area contributed by atoms with Gasteiger partial charge in [0.15, 0.2) is 16.6 Å². The Bertz CT molecular complexity index is 1990. The number of ether oxygens (including phenoxy) is 2. The highest BCUT2D eigenvalue weighted by Crippen LogP contribution is 2.49. The zero-order valence-corrected chi connectivity index (χ0v) is 43.0. The summed E-state index contributed by atoms with van der Waals surface area (Å²) in [5.74, 6) is 9.94. The lowest BCUT2D eigenvalue weighted by molar-refractivity contribution is -0.130. The normalized spacial score (nSPS) is 21.7. The maximum absolute atomic E-state index is 13.8. The van der Waals surface area contributed by atoms with E-state index in [0.717, 1.165) is 15.9 Å². The van der Waals surface area contributed by atoms with E-state index in [-0.39, 0.29) is 21.7 Å². The van der Waals surface area contributed by atoms with E-state index in [9.17, 15) is 5.11 Å². The van der Waals surface area contributed by atoms with Crippen molar-refractivity contribution in [2.75, 3.05) is 6.61 Å². The van der Waals surface area contributed by atoms with Gasteiger partial charge in [0, 0.05) is 0 Å². The minimum Gasteiger partial charge on any atom is -0.408 e. The van der Waals surface area contributed by atoms with E-state index in [1.165, 1.54) is 0 Å². The van der Waals surface area contributed by atoms with Crippen molar-refractivity contribution in [3.63, 3.8) is 0 Å². The van der Waals surface area contributed by atoms with Crippen molar-refractivity contribution in [1.29, 1.82) is 0 Å². The maximum Gasteiger partial charge on any atom is 0.230 e. The van der Waals surface area contributed by atoms with Crippen molar-refractivity contribution >= 4 is 43.2 Å². The smallest absolute Gasteiger partial charge is 0.230 e. The van der Waals surface area contributed by atoms with Crippen LogP contribution in [0.3, 0.4) is 0 Å². The molecule has 5 atom stereocenters. The van der Waals surface area contributed by atoms with Gasteiger partial charge < -0.3 is 23.4 Å². The molecule has 1 heterocycles. The Morgan fingerprint density at radius 3 is 1.51 bits per heavy atom. The van der Waals surface area contributed by atoms with Gasteiger partial charge in [-0.15, -0.1) is 17.5 Å². The number of benzene rings is 3. The monoisotopic (exact) mass is 864 g/mol. The molecule has 1 aliphatic rings. The van der Waals surface area contributed by atoms with Crippen LogP contribution in [0.2, 0.25) is 60.9 Å². The van der Waals surface area contributed by atoms with Crippen molar-refractivity contribution in [3.8, 4) is 35.3 Å². The van der Waals surface area contributed by atoms with E-state index < -0.39 is 62.3 Å². The zero-order valence-electron chi connectivity index (χ0n) is 39.0. The number of aliphatic hydroxyl groups is 1. The molecule has 3 aromatic carbocycles. The van der Waals surface area contributed by atoms with Crippen LogP contribution in [-0.4, -0.2) is 74.0 Å². The molecule has 0 unspecified atom stereocenters. The molecule has 9 heteroatoms. The molecular formula is C50H72O5Si4. The maximum atomic E-state index is 13.8. The molecule has 3 aromatic rings. The van der Waals surface area contributed by atoms with E-state index in [1.54, 1.807) is 0 Å². The summed E-state index contributed by atoms with van der Waals surface area (Å²) >= 11 is 0. The topological polar surface area (TPSA) is 57.2 Å². The van der Waals surface area contributed by atoms with Crippen molar-refractivity contribution in [2.45, 2.75) is 159 Å². The quantitative estimate of drug-likeness (QED) is 0.154. The number of terminal acetylenes is 1. The second kappa shape index (κ2) is 17.8. The van der Waals surface area contributed by atoms with E-state index in [2.05, 4.69) is 186 Å². The molecule has 0 radical (unpaired) electrons. The summed E-state index contributed by atoms with van der Waals surface area (Å²) in [6.45, 7) is 35.9. The van der Waals surface area contributed by atoms with Crippen LogP contribution < -0.4 is 10.4 Å². The van der Waals surface area contributed by atoms with Crippen molar-refractivity contribution < 1.29 is 23.4 Å². The average Bonchev–Trinajstić information content (AvgIpc) is 3.42. The predicted molar refractivity (Wildman–Crippen MR) is 258 cm³/mol. The lowest BCUT2D eigenvalue weighted by Gasteiger charge is -2.47. The van der Waals surface area contributed by atoms with Gasteiger partial charge in [-0.05, 0) is 57.2 Å². The fourth-order valence-electron chi connectivity index (χ4n) is 7.03. The second-order valence-corrected chi connectivity index (χ2v) is 40.0. The van der Waals surface area contributed by atoms with Gasteiger partial charge in [-0.25, -0.2) is 0 Å². The molecule has 0 aromatic heterocycles. The Balaban J connectivity index is 2.13. The van der Waals surface area contributed by atoms with Crippen molar-refractivity contribution in [3.05, 3.63) is 96.6 Å². The predicted octanol–water partition coefficient (Wildman–Crippen LogP) is 9.97. The Morgan fingerprint density at radius 2 is 1.08 bits per heavy atom. The SMILES string of the molecule is C#C[C@@]1([C@](O)(C#C[Si](C)(C)C)C#C[Si](c2ccccc2)(c2ccccc2)C(C)(C)C)O[C@@H](COCc2ccccc2)[C@H](O[Si](C)(C)C(C)(C)C)[C@H]1O[Si](C)(C)C(C)(C)C. The minimum atomic E-state index is -3.07. The van der Waals surface area contributed by atoms with E-state index >= 15 is 0 Å². The molecule has 0 spiro atoms. The molecule has 0 saturated carbocycles. The van der Waals surface area contributed by atoms with Crippen LogP contribution in [0, 0.1) is 35.3 Å². The highest BCUT2D eigenvalue weighted by atomic mass is 28.4. The van der Waals surface area contributed by atoms with Crippen LogP contribution in [0.4, 0.5) is 0 Å². The Hall–Kier alpha value is -2.99. The highest BCUT2D eigenvalue weighted by Gasteiger charge is 2.68. The van der Waals surface area contributed by atoms with Crippen LogP contribution in [0.1, 0.15) is 67.9 Å². The largest absolute Gasteiger partial charge is 0.408 e. The van der Waals surface area contributed by atoms with Gasteiger partial charge in [-0.3, -0.25) is 0 Å². The van der Waals surface area contributed by atoms with Crippen molar-refractivity contribution in [1.82, 2.24) is 0 Å². The van der Waals surface area contributed by atoms with Crippen LogP contribution >= 0.6 is 0 Å². The molecule has 59 heavy (non-hydrogen) atoms. The average molecular weight is 865 g/mol. The Labute approximate surface area is 362 Å². The first kappa shape index (κ1) is 48.7. The molecule has 1 N–H and O–H groups in total. The number of hydrogen-bond acceptors (Lipinski definition) is 5. The Morgan fingerprint density at radius 1 is 0.644 bits per heavy atom. The standard InChI is InChI=1S/C50H72O5Si4/c1-18-50(49(51,34-36-56(11,12)13)35-37-59(48(8,9)10,41-30-24-20-25-31-41)42-32-26-21-27-33-42)45(55-58(16,17)47(5,6)7)44(54-57(14,15)46(2,3)4)43(53-50)39-52-38-40-28-22-19-23-29-40/h1,19-33,43-45,51H,38-39H2,2-17H3/t43-,44-,45+,49-,50+/m0/s1. The summed E-state index contributed by atoms with van der Waals surface area (Å²) in [7, 11) is -10.4. The van der Waals surface area contributed by atoms with Crippen LogP contribution in [0.5, 0.6) is 0 Å². The molecule has 0 bridgehead atoms. The fraction of sp³-hybridized carbons (Fsp3) is 0.520. The highest BCUT2D eigenvalue weighted by molar-refractivity contribution is 7.10. The third-order valence-electron chi connectivity index (χ3n) is 12.6. The lowest BCUT2D eigenvalue weighted by Crippen LogP contribution is -2.66. The summed E-state index contributed by atoms with van der Waals surface area (Å²) in [5, 5.41) is 15.4. The first-order valence-electron chi connectivity index (χ1n) is 21.1. The molecule has 1 fully saturated rings. The number of rotatable bonds is 11. The van der Waals surface area contributed by atoms with Gasteiger partial charge in [-0.2, -0.15) is 0 Å². The summed E-state index contributed by atoms with van der Waals surface area (Å²) in [6.07, 6.45) is 4.54. The van der Waals surface area contributed by atoms with E-state index in [4.69, 9.17) is 24.7 Å². The molecule has 0 amide bonds. The van der Waals surface area contributed by atoms with Gasteiger partial charge in [0.2, 0.25) is 19.3 Å². The summed E-state index contributed by atoms with van der Waals surface area (Å²) in [5.41, 5.74) is 4.38. The van der Waals surface area contributed by atoms with Crippen molar-refractivity contribution in [2.24, 2.45) is 0 Å². The lowest BCUT2D eigenvalue weighted by atomic mass is 9.79. The molecule has 0 aliphatic carbocycles. The third kappa shape index (κ3) is 10.6. The van der Waals surface area contributed by atoms with Crippen LogP contribution in [0.15, 0.2) is 91.0 Å². The molecule has 5 nitrogen and oxygen atoms in total. The zero-order chi connectivity index (χ0) is 44.3. The van der Waals surface area contributed by atoms with Crippen LogP contribution in [0.25, 0.3) is 0 Å². The van der Waals surface area contributed by atoms with E-state index in [0.29, 0.717) is 6.61 Å². The van der Waals surface area contributed by atoms with Gasteiger partial charge in [-0.1, -0.05) is 191 Å². The van der Waals surface area contributed by atoms with Gasteiger partial charge >= 0.3 is 0 Å². The fourth-order valence-corrected chi connectivity index (χ4v) is 14.7. The first-order chi connectivity index (χ1) is 27.1. The number of hydrogen-bond donors (Lipinski definition) is 1. The second-order valence-electron chi connectivity index (χ2n) is 21.4. The van der Waals surface area contributed by atoms with Gasteiger partial charge in [0.25, 0.3) is 0 Å². The molecule has 4 rings (SSSR count). The summed E-state index contributed by atoms with van der Waals surface area (Å²) in [4.78, 5) is 0. The summed E-state index contributed by atoms with van der Waals surface area (Å²) in [6, 6.07) is 31.1. The van der Waals surface area contributed by atoms with Crippen LogP contribution in [-0.2, 0) is 24.9 Å². The minimum absolute atomic E-state index is 0.150. The molecule has 318 valence electrons. The molecule has 1 saturated heterocycles. The van der Waals surface area contributed by atoms with Gasteiger partial charge in [0.1, 0.15) is 26.4 Å². The van der Waals surface area contributed by atoms with E-state index in [1.807, 2.05) is 42.5 Å². The molecule has 1 aliphatic heterocycles. The van der Waals surface area contributed by atoms with Gasteiger partial charge in [0.05, 0.1) is 13.2 Å². The Kier molecular flexibility index (Phi) is 14.7. The third-order valence-corrected chi connectivity index (χ3v) is 27.6. The summed E-state index contributed by atoms with van der Waals surface area (Å²) < 4.78 is 28.7. The molecular weight excluding hydrogens is 793 g/mol. The first-order valence-corrected chi connectivity index (χ1v) is 32.4.